The first-order valence-corrected chi connectivity index (χ1v) is 6.81. The van der Waals surface area contributed by atoms with Crippen molar-refractivity contribution in [2.45, 2.75) is 6.92 Å². The Labute approximate surface area is 126 Å². The molecule has 0 spiro atoms. The van der Waals surface area contributed by atoms with E-state index in [0.29, 0.717) is 27.1 Å². The van der Waals surface area contributed by atoms with Crippen LogP contribution in [0.4, 0.5) is 15.9 Å². The van der Waals surface area contributed by atoms with E-state index in [-0.39, 0.29) is 11.1 Å². The second-order valence-electron chi connectivity index (χ2n) is 4.15. The van der Waals surface area contributed by atoms with Crippen LogP contribution in [0.1, 0.15) is 5.56 Å². The standard InChI is InChI=1S/C12H8BrClFN5/c1-5-2-6(13)7(15)3-8(5)18-11-9-10(17-4-16-9)19-12(14)20-11/h2-4H,1H3,(H2,16,17,18,19,20). The van der Waals surface area contributed by atoms with Crippen molar-refractivity contribution in [2.24, 2.45) is 0 Å². The maximum atomic E-state index is 13.6. The fraction of sp³-hybridized carbons (Fsp3) is 0.0833. The van der Waals surface area contributed by atoms with E-state index in [2.05, 4.69) is 41.2 Å². The minimum Gasteiger partial charge on any atom is -0.340 e. The van der Waals surface area contributed by atoms with Gasteiger partial charge in [0.05, 0.1) is 10.8 Å². The molecule has 0 amide bonds. The number of aryl methyl sites for hydroxylation is 1. The van der Waals surface area contributed by atoms with Gasteiger partial charge in [0.15, 0.2) is 11.5 Å². The molecule has 0 unspecified atom stereocenters. The van der Waals surface area contributed by atoms with Gasteiger partial charge in [-0.2, -0.15) is 9.97 Å². The summed E-state index contributed by atoms with van der Waals surface area (Å²) in [6.45, 7) is 1.86. The van der Waals surface area contributed by atoms with Crippen LogP contribution >= 0.6 is 27.5 Å². The van der Waals surface area contributed by atoms with E-state index >= 15 is 0 Å². The molecule has 0 aliphatic carbocycles. The molecule has 2 heterocycles. The molecule has 0 fully saturated rings. The summed E-state index contributed by atoms with van der Waals surface area (Å²) < 4.78 is 14.0. The highest BCUT2D eigenvalue weighted by Crippen LogP contribution is 2.28. The molecule has 0 radical (unpaired) electrons. The number of H-pyrrole nitrogens is 1. The van der Waals surface area contributed by atoms with Crippen molar-refractivity contribution in [3.63, 3.8) is 0 Å². The Kier molecular flexibility index (Phi) is 3.31. The molecule has 0 saturated carbocycles. The summed E-state index contributed by atoms with van der Waals surface area (Å²) in [4.78, 5) is 15.0. The third-order valence-electron chi connectivity index (χ3n) is 2.78. The summed E-state index contributed by atoms with van der Waals surface area (Å²) >= 11 is 8.99. The molecule has 2 N–H and O–H groups in total. The van der Waals surface area contributed by atoms with E-state index in [1.54, 1.807) is 6.07 Å². The highest BCUT2D eigenvalue weighted by atomic mass is 79.9. The average Bonchev–Trinajstić information content (AvgIpc) is 2.84. The third-order valence-corrected chi connectivity index (χ3v) is 3.56. The summed E-state index contributed by atoms with van der Waals surface area (Å²) in [5.41, 5.74) is 2.51. The molecule has 0 aliphatic rings. The maximum absolute atomic E-state index is 13.6. The molecule has 1 aromatic carbocycles. The molecule has 0 atom stereocenters. The van der Waals surface area contributed by atoms with Crippen molar-refractivity contribution in [2.75, 3.05) is 5.32 Å². The number of imidazole rings is 1. The van der Waals surface area contributed by atoms with Gasteiger partial charge in [-0.15, -0.1) is 0 Å². The van der Waals surface area contributed by atoms with Gasteiger partial charge in [0.2, 0.25) is 5.28 Å². The molecule has 8 heteroatoms. The van der Waals surface area contributed by atoms with E-state index in [1.165, 1.54) is 12.4 Å². The van der Waals surface area contributed by atoms with Crippen LogP contribution in [0.25, 0.3) is 11.2 Å². The second-order valence-corrected chi connectivity index (χ2v) is 5.34. The minimum atomic E-state index is -0.362. The lowest BCUT2D eigenvalue weighted by molar-refractivity contribution is 0.621. The highest BCUT2D eigenvalue weighted by Gasteiger charge is 2.11. The van der Waals surface area contributed by atoms with Gasteiger partial charge >= 0.3 is 0 Å². The van der Waals surface area contributed by atoms with Gasteiger partial charge in [-0.25, -0.2) is 9.37 Å². The number of hydrogen-bond acceptors (Lipinski definition) is 4. The molecule has 2 aromatic heterocycles. The fourth-order valence-corrected chi connectivity index (χ4v) is 2.43. The van der Waals surface area contributed by atoms with Crippen LogP contribution in [0.5, 0.6) is 0 Å². The smallest absolute Gasteiger partial charge is 0.226 e. The molecule has 3 rings (SSSR count). The SMILES string of the molecule is Cc1cc(Br)c(F)cc1Nc1nc(Cl)nc2nc[nH]c12. The Hall–Kier alpha value is -1.73. The van der Waals surface area contributed by atoms with Crippen molar-refractivity contribution >= 4 is 50.2 Å². The number of halogens is 3. The lowest BCUT2D eigenvalue weighted by Crippen LogP contribution is -1.99. The zero-order valence-corrected chi connectivity index (χ0v) is 12.5. The Morgan fingerprint density at radius 2 is 2.15 bits per heavy atom. The third kappa shape index (κ3) is 2.34. The first kappa shape index (κ1) is 13.3. The predicted octanol–water partition coefficient (Wildman–Crippen LogP) is 3.96. The van der Waals surface area contributed by atoms with Crippen LogP contribution in [0.3, 0.4) is 0 Å². The summed E-state index contributed by atoms with van der Waals surface area (Å²) in [6, 6.07) is 3.07. The van der Waals surface area contributed by atoms with E-state index in [0.717, 1.165) is 5.56 Å². The fourth-order valence-electron chi connectivity index (χ4n) is 1.81. The van der Waals surface area contributed by atoms with Crippen LogP contribution in [0.2, 0.25) is 5.28 Å². The van der Waals surface area contributed by atoms with Crippen molar-refractivity contribution in [3.05, 3.63) is 39.6 Å². The van der Waals surface area contributed by atoms with Crippen molar-refractivity contribution in [1.82, 2.24) is 19.9 Å². The number of fused-ring (bicyclic) bond motifs is 1. The van der Waals surface area contributed by atoms with Gasteiger partial charge < -0.3 is 10.3 Å². The average molecular weight is 357 g/mol. The quantitative estimate of drug-likeness (QED) is 0.682. The molecular weight excluding hydrogens is 349 g/mol. The predicted molar refractivity (Wildman–Crippen MR) is 78.8 cm³/mol. The summed E-state index contributed by atoms with van der Waals surface area (Å²) in [5.74, 6) is 0.0847. The zero-order valence-electron chi connectivity index (χ0n) is 10.2. The van der Waals surface area contributed by atoms with Crippen molar-refractivity contribution in [1.29, 1.82) is 0 Å². The Bertz CT molecular complexity index is 804. The van der Waals surface area contributed by atoms with E-state index in [9.17, 15) is 4.39 Å². The number of benzene rings is 1. The number of hydrogen-bond donors (Lipinski definition) is 2. The van der Waals surface area contributed by atoms with Crippen LogP contribution in [0.15, 0.2) is 22.9 Å². The lowest BCUT2D eigenvalue weighted by Gasteiger charge is -2.10. The molecule has 0 aliphatic heterocycles. The van der Waals surface area contributed by atoms with Gasteiger partial charge in [-0.1, -0.05) is 0 Å². The maximum Gasteiger partial charge on any atom is 0.226 e. The van der Waals surface area contributed by atoms with Crippen molar-refractivity contribution < 1.29 is 4.39 Å². The zero-order chi connectivity index (χ0) is 14.3. The Balaban J connectivity index is 2.09. The van der Waals surface area contributed by atoms with Crippen molar-refractivity contribution in [3.8, 4) is 0 Å². The summed E-state index contributed by atoms with van der Waals surface area (Å²) in [7, 11) is 0. The Morgan fingerprint density at radius 1 is 1.35 bits per heavy atom. The lowest BCUT2D eigenvalue weighted by atomic mass is 10.2. The number of nitrogens with one attached hydrogen (secondary N) is 2. The number of anilines is 2. The van der Waals surface area contributed by atoms with E-state index in [1.807, 2.05) is 6.92 Å². The minimum absolute atomic E-state index is 0.0716. The number of rotatable bonds is 2. The largest absolute Gasteiger partial charge is 0.340 e. The van der Waals surface area contributed by atoms with Crippen LogP contribution in [-0.4, -0.2) is 19.9 Å². The van der Waals surface area contributed by atoms with E-state index < -0.39 is 0 Å². The number of nitrogens with zero attached hydrogens (tertiary/aromatic N) is 3. The van der Waals surface area contributed by atoms with Crippen LogP contribution in [0, 0.1) is 12.7 Å². The molecule has 3 aromatic rings. The summed E-state index contributed by atoms with van der Waals surface area (Å²) in [5, 5.41) is 3.11. The van der Waals surface area contributed by atoms with Gasteiger partial charge in [0.25, 0.3) is 0 Å². The van der Waals surface area contributed by atoms with Gasteiger partial charge in [-0.3, -0.25) is 0 Å². The number of aromatic nitrogens is 4. The van der Waals surface area contributed by atoms with Gasteiger partial charge in [-0.05, 0) is 52.2 Å². The van der Waals surface area contributed by atoms with Crippen LogP contribution < -0.4 is 5.32 Å². The molecular formula is C12H8BrClFN5. The molecule has 5 nitrogen and oxygen atoms in total. The Morgan fingerprint density at radius 3 is 2.95 bits per heavy atom. The molecule has 0 bridgehead atoms. The first-order chi connectivity index (χ1) is 9.54. The summed E-state index contributed by atoms with van der Waals surface area (Å²) in [6.07, 6.45) is 1.50. The number of aromatic amines is 1. The molecule has 20 heavy (non-hydrogen) atoms. The van der Waals surface area contributed by atoms with Crippen LogP contribution in [-0.2, 0) is 0 Å². The highest BCUT2D eigenvalue weighted by molar-refractivity contribution is 9.10. The first-order valence-electron chi connectivity index (χ1n) is 5.64. The van der Waals surface area contributed by atoms with Gasteiger partial charge in [0, 0.05) is 5.69 Å². The molecule has 0 saturated heterocycles. The molecule has 102 valence electrons. The second kappa shape index (κ2) is 4.99. The topological polar surface area (TPSA) is 66.5 Å². The van der Waals surface area contributed by atoms with E-state index in [4.69, 9.17) is 11.6 Å². The normalized spacial score (nSPS) is 11.0. The monoisotopic (exact) mass is 355 g/mol. The van der Waals surface area contributed by atoms with Gasteiger partial charge in [0.1, 0.15) is 11.3 Å².